The molecule has 0 aliphatic carbocycles. The van der Waals surface area contributed by atoms with Crippen LogP contribution in [-0.2, 0) is 11.3 Å². The second kappa shape index (κ2) is 5.40. The first kappa shape index (κ1) is 14.8. The molecule has 1 aromatic heterocycles. The second-order valence-electron chi connectivity index (χ2n) is 4.99. The Bertz CT molecular complexity index is 496. The maximum Gasteiger partial charge on any atom is 0.404 e. The summed E-state index contributed by atoms with van der Waals surface area (Å²) in [6.45, 7) is 1.70. The maximum absolute atomic E-state index is 13.2. The van der Waals surface area contributed by atoms with E-state index in [-0.39, 0.29) is 26.1 Å². The van der Waals surface area contributed by atoms with Crippen LogP contribution in [0.1, 0.15) is 17.5 Å². The first-order valence-corrected chi connectivity index (χ1v) is 6.32. The van der Waals surface area contributed by atoms with Crippen LogP contribution in [0.2, 0.25) is 0 Å². The highest BCUT2D eigenvalue weighted by molar-refractivity contribution is 5.84. The highest BCUT2D eigenvalue weighted by Gasteiger charge is 2.61. The molecule has 7 heteroatoms. The minimum absolute atomic E-state index is 0.0519. The lowest BCUT2D eigenvalue weighted by Gasteiger charge is -2.29. The Morgan fingerprint density at radius 1 is 1.55 bits per heavy atom. The molecule has 0 aromatic carbocycles. The van der Waals surface area contributed by atoms with Gasteiger partial charge in [-0.05, 0) is 37.1 Å². The van der Waals surface area contributed by atoms with E-state index < -0.39 is 17.5 Å². The number of amides is 1. The zero-order chi connectivity index (χ0) is 14.8. The summed E-state index contributed by atoms with van der Waals surface area (Å²) in [5.74, 6) is -0.974. The van der Waals surface area contributed by atoms with Crippen LogP contribution in [0.5, 0.6) is 0 Å². The van der Waals surface area contributed by atoms with E-state index in [4.69, 9.17) is 0 Å². The smallest absolute Gasteiger partial charge is 0.351 e. The molecule has 0 saturated carbocycles. The first-order chi connectivity index (χ1) is 9.37. The van der Waals surface area contributed by atoms with Crippen molar-refractivity contribution in [3.05, 3.63) is 29.6 Å². The number of carbonyl (C=O) groups excluding carboxylic acids is 1. The van der Waals surface area contributed by atoms with E-state index in [1.807, 2.05) is 6.92 Å². The standard InChI is InChI=1S/C13H16F3N3O/c1-9-2-4-17-6-10(9)7-19-11(20)12(13(14,15)16)3-5-18-8-12/h2,4,6,18H,3,5,7-8H2,1H3,(H,19,20). The molecule has 1 aliphatic heterocycles. The predicted molar refractivity (Wildman–Crippen MR) is 66.8 cm³/mol. The Kier molecular flexibility index (Phi) is 3.99. The van der Waals surface area contributed by atoms with Crippen LogP contribution in [0.3, 0.4) is 0 Å². The monoisotopic (exact) mass is 287 g/mol. The summed E-state index contributed by atoms with van der Waals surface area (Å²) in [4.78, 5) is 15.9. The molecule has 2 N–H and O–H groups in total. The largest absolute Gasteiger partial charge is 0.404 e. The van der Waals surface area contributed by atoms with Crippen LogP contribution >= 0.6 is 0 Å². The van der Waals surface area contributed by atoms with Crippen molar-refractivity contribution < 1.29 is 18.0 Å². The van der Waals surface area contributed by atoms with Gasteiger partial charge in [0.05, 0.1) is 0 Å². The van der Waals surface area contributed by atoms with Gasteiger partial charge in [-0.25, -0.2) is 0 Å². The van der Waals surface area contributed by atoms with Gasteiger partial charge in [0, 0.05) is 25.5 Å². The number of halogens is 3. The molecule has 1 amide bonds. The Labute approximate surface area is 114 Å². The number of pyridine rings is 1. The molecule has 1 atom stereocenters. The van der Waals surface area contributed by atoms with Gasteiger partial charge in [-0.3, -0.25) is 9.78 Å². The Hall–Kier alpha value is -1.63. The van der Waals surface area contributed by atoms with Gasteiger partial charge >= 0.3 is 6.18 Å². The number of alkyl halides is 3. The van der Waals surface area contributed by atoms with Crippen LogP contribution in [0.4, 0.5) is 13.2 Å². The van der Waals surface area contributed by atoms with Crippen molar-refractivity contribution in [2.24, 2.45) is 5.41 Å². The number of aromatic nitrogens is 1. The van der Waals surface area contributed by atoms with E-state index in [1.165, 1.54) is 0 Å². The van der Waals surface area contributed by atoms with Crippen molar-refractivity contribution in [3.63, 3.8) is 0 Å². The van der Waals surface area contributed by atoms with Crippen molar-refractivity contribution in [2.75, 3.05) is 13.1 Å². The van der Waals surface area contributed by atoms with E-state index in [0.717, 1.165) is 5.56 Å². The number of hydrogen-bond acceptors (Lipinski definition) is 3. The van der Waals surface area contributed by atoms with E-state index in [2.05, 4.69) is 15.6 Å². The SMILES string of the molecule is Cc1ccncc1CNC(=O)C1(C(F)(F)F)CCNC1. The fraction of sp³-hybridized carbons (Fsp3) is 0.538. The second-order valence-corrected chi connectivity index (χ2v) is 4.99. The van der Waals surface area contributed by atoms with Crippen LogP contribution in [0.15, 0.2) is 18.5 Å². The van der Waals surface area contributed by atoms with Gasteiger partial charge < -0.3 is 10.6 Å². The molecule has 110 valence electrons. The molecule has 20 heavy (non-hydrogen) atoms. The van der Waals surface area contributed by atoms with Crippen molar-refractivity contribution >= 4 is 5.91 Å². The number of aryl methyl sites for hydroxylation is 1. The van der Waals surface area contributed by atoms with Gasteiger partial charge in [0.2, 0.25) is 5.91 Å². The predicted octanol–water partition coefficient (Wildman–Crippen LogP) is 1.55. The molecule has 4 nitrogen and oxygen atoms in total. The Balaban J connectivity index is 2.09. The average Bonchev–Trinajstić information content (AvgIpc) is 2.87. The summed E-state index contributed by atoms with van der Waals surface area (Å²) in [7, 11) is 0. The third-order valence-electron chi connectivity index (χ3n) is 3.72. The normalized spacial score (nSPS) is 22.8. The summed E-state index contributed by atoms with van der Waals surface area (Å²) in [6.07, 6.45) is -1.64. The van der Waals surface area contributed by atoms with Crippen LogP contribution in [0, 0.1) is 12.3 Å². The summed E-state index contributed by atoms with van der Waals surface area (Å²) in [5.41, 5.74) is -0.724. The fourth-order valence-corrected chi connectivity index (χ4v) is 2.28. The van der Waals surface area contributed by atoms with E-state index >= 15 is 0 Å². The number of nitrogens with one attached hydrogen (secondary N) is 2. The van der Waals surface area contributed by atoms with Gasteiger partial charge in [-0.15, -0.1) is 0 Å². The Morgan fingerprint density at radius 3 is 2.85 bits per heavy atom. The van der Waals surface area contributed by atoms with Crippen molar-refractivity contribution in [1.82, 2.24) is 15.6 Å². The molecule has 2 heterocycles. The van der Waals surface area contributed by atoms with Crippen LogP contribution in [0.25, 0.3) is 0 Å². The molecular weight excluding hydrogens is 271 g/mol. The lowest BCUT2D eigenvalue weighted by Crippen LogP contribution is -2.52. The summed E-state index contributed by atoms with van der Waals surface area (Å²) in [5, 5.41) is 5.01. The number of nitrogens with zero attached hydrogens (tertiary/aromatic N) is 1. The minimum atomic E-state index is -4.55. The molecular formula is C13H16F3N3O. The Morgan fingerprint density at radius 2 is 2.30 bits per heavy atom. The molecule has 1 aromatic rings. The molecule has 1 saturated heterocycles. The average molecular weight is 287 g/mol. The molecule has 1 fully saturated rings. The zero-order valence-corrected chi connectivity index (χ0v) is 11.0. The van der Waals surface area contributed by atoms with Gasteiger partial charge in [0.25, 0.3) is 0 Å². The van der Waals surface area contributed by atoms with Crippen LogP contribution in [-0.4, -0.2) is 30.2 Å². The summed E-state index contributed by atoms with van der Waals surface area (Å²) >= 11 is 0. The van der Waals surface area contributed by atoms with E-state index in [9.17, 15) is 18.0 Å². The van der Waals surface area contributed by atoms with Gasteiger partial charge in [0.1, 0.15) is 0 Å². The third kappa shape index (κ3) is 2.63. The molecule has 2 rings (SSSR count). The number of carbonyl (C=O) groups is 1. The summed E-state index contributed by atoms with van der Waals surface area (Å²) < 4.78 is 39.5. The number of rotatable bonds is 3. The molecule has 1 aliphatic rings. The first-order valence-electron chi connectivity index (χ1n) is 6.32. The third-order valence-corrected chi connectivity index (χ3v) is 3.72. The lowest BCUT2D eigenvalue weighted by molar-refractivity contribution is -0.216. The highest BCUT2D eigenvalue weighted by Crippen LogP contribution is 2.43. The molecule has 1 unspecified atom stereocenters. The highest BCUT2D eigenvalue weighted by atomic mass is 19.4. The quantitative estimate of drug-likeness (QED) is 0.887. The van der Waals surface area contributed by atoms with Gasteiger partial charge in [-0.2, -0.15) is 13.2 Å². The van der Waals surface area contributed by atoms with Crippen molar-refractivity contribution in [2.45, 2.75) is 26.1 Å². The molecule has 0 radical (unpaired) electrons. The van der Waals surface area contributed by atoms with Crippen molar-refractivity contribution in [3.8, 4) is 0 Å². The molecule has 0 bridgehead atoms. The number of hydrogen-bond donors (Lipinski definition) is 2. The van der Waals surface area contributed by atoms with Gasteiger partial charge in [-0.1, -0.05) is 0 Å². The lowest BCUT2D eigenvalue weighted by atomic mass is 9.85. The molecule has 0 spiro atoms. The van der Waals surface area contributed by atoms with Crippen molar-refractivity contribution in [1.29, 1.82) is 0 Å². The van der Waals surface area contributed by atoms with Crippen LogP contribution < -0.4 is 10.6 Å². The maximum atomic E-state index is 13.2. The zero-order valence-electron chi connectivity index (χ0n) is 11.0. The van der Waals surface area contributed by atoms with E-state index in [0.29, 0.717) is 5.56 Å². The summed E-state index contributed by atoms with van der Waals surface area (Å²) in [6, 6.07) is 1.75. The topological polar surface area (TPSA) is 54.0 Å². The van der Waals surface area contributed by atoms with Gasteiger partial charge in [0.15, 0.2) is 5.41 Å². The van der Waals surface area contributed by atoms with E-state index in [1.54, 1.807) is 18.5 Å². The minimum Gasteiger partial charge on any atom is -0.351 e. The fourth-order valence-electron chi connectivity index (χ4n) is 2.28.